The Hall–Kier alpha value is -4.36. The minimum atomic E-state index is -2.85. The van der Waals surface area contributed by atoms with Crippen LogP contribution in [0.3, 0.4) is 0 Å². The van der Waals surface area contributed by atoms with Crippen LogP contribution in [-0.4, -0.2) is 61.6 Å². The summed E-state index contributed by atoms with van der Waals surface area (Å²) in [6.07, 6.45) is 1.90. The van der Waals surface area contributed by atoms with Crippen molar-refractivity contribution in [3.63, 3.8) is 0 Å². The van der Waals surface area contributed by atoms with Gasteiger partial charge in [0.15, 0.2) is 13.9 Å². The Morgan fingerprint density at radius 2 is 1.82 bits per heavy atom. The van der Waals surface area contributed by atoms with Gasteiger partial charge in [-0.15, -0.1) is 5.10 Å². The lowest BCUT2D eigenvalue weighted by atomic mass is 9.82. The van der Waals surface area contributed by atoms with Crippen LogP contribution in [-0.2, 0) is 21.7 Å². The number of hydrogen-bond acceptors (Lipinski definition) is 7. The third-order valence-electron chi connectivity index (χ3n) is 9.51. The first-order chi connectivity index (χ1) is 21.6. The molecule has 232 valence electrons. The van der Waals surface area contributed by atoms with Gasteiger partial charge >= 0.3 is 0 Å². The summed E-state index contributed by atoms with van der Waals surface area (Å²) in [6.45, 7) is 6.11. The molecule has 5 atom stereocenters. The summed E-state index contributed by atoms with van der Waals surface area (Å²) < 4.78 is 10.0. The highest BCUT2D eigenvalue weighted by molar-refractivity contribution is 6.71. The van der Waals surface area contributed by atoms with Gasteiger partial charge in [0.25, 0.3) is 11.5 Å². The number of amides is 1. The molecule has 1 saturated heterocycles. The quantitative estimate of drug-likeness (QED) is 0.192. The van der Waals surface area contributed by atoms with Crippen LogP contribution in [0.2, 0.25) is 18.6 Å². The molecule has 0 bridgehead atoms. The molecule has 0 saturated carbocycles. The number of nitrogens with one attached hydrogen (secondary N) is 2. The fourth-order valence-corrected chi connectivity index (χ4v) is 10.0. The van der Waals surface area contributed by atoms with Crippen molar-refractivity contribution in [3.05, 3.63) is 106 Å². The van der Waals surface area contributed by atoms with E-state index in [4.69, 9.17) is 4.74 Å². The number of nitrogens with zero attached hydrogens (tertiary/aromatic N) is 4. The summed E-state index contributed by atoms with van der Waals surface area (Å²) in [5.41, 5.74) is 2.45. The molecule has 0 aliphatic carbocycles. The number of fused-ring (bicyclic) bond motifs is 3. The van der Waals surface area contributed by atoms with Crippen molar-refractivity contribution in [2.75, 3.05) is 11.9 Å². The zero-order valence-corrected chi connectivity index (χ0v) is 26.3. The molecule has 2 aromatic heterocycles. The molecule has 1 amide bonds. The first-order valence-corrected chi connectivity index (χ1v) is 18.3. The third-order valence-corrected chi connectivity index (χ3v) is 12.0. The number of anilines is 1. The monoisotopic (exact) mass is 624 g/mol. The normalized spacial score (nSPS) is 23.5. The van der Waals surface area contributed by atoms with E-state index in [9.17, 15) is 19.5 Å². The molecule has 12 heteroatoms. The minimum absolute atomic E-state index is 0.0952. The molecule has 5 aromatic rings. The smallest absolute Gasteiger partial charge is 0.279 e. The molecule has 1 unspecified atom stereocenters. The van der Waals surface area contributed by atoms with E-state index in [1.54, 1.807) is 22.9 Å². The molecule has 4 N–H and O–H groups in total. The van der Waals surface area contributed by atoms with E-state index in [0.29, 0.717) is 41.0 Å². The number of carbonyl (C=O) groups excluding carboxylic acids is 1. The fourth-order valence-electron chi connectivity index (χ4n) is 7.43. The molecule has 4 heterocycles. The zero-order chi connectivity index (χ0) is 31.5. The number of aromatic nitrogens is 5. The Labute approximate surface area is 260 Å². The van der Waals surface area contributed by atoms with E-state index in [2.05, 4.69) is 20.7 Å². The predicted molar refractivity (Wildman–Crippen MR) is 172 cm³/mol. The second-order valence-electron chi connectivity index (χ2n) is 12.7. The topological polar surface area (TPSA) is 147 Å². The number of carbonyl (C=O) groups is 1. The number of aliphatic hydroxyl groups is 1. The molecule has 11 nitrogen and oxygen atoms in total. The first-order valence-electron chi connectivity index (χ1n) is 15.2. The number of aryl methyl sites for hydroxylation is 1. The molecular formula is C33H36N6O5Si. The summed E-state index contributed by atoms with van der Waals surface area (Å²) in [5.74, 6) is -0.901. The third kappa shape index (κ3) is 4.76. The van der Waals surface area contributed by atoms with Gasteiger partial charge in [-0.05, 0) is 55.4 Å². The van der Waals surface area contributed by atoms with Crippen LogP contribution in [0.1, 0.15) is 36.1 Å². The molecule has 2 aliphatic heterocycles. The summed E-state index contributed by atoms with van der Waals surface area (Å²) >= 11 is 0. The molecule has 45 heavy (non-hydrogen) atoms. The number of benzene rings is 3. The first kappa shape index (κ1) is 29.4. The van der Waals surface area contributed by atoms with Crippen LogP contribution >= 0.6 is 0 Å². The summed E-state index contributed by atoms with van der Waals surface area (Å²) in [5, 5.41) is 25.5. The van der Waals surface area contributed by atoms with E-state index >= 15 is 0 Å². The number of hydrogen-bond donors (Lipinski definition) is 4. The van der Waals surface area contributed by atoms with Crippen LogP contribution in [0.25, 0.3) is 16.6 Å². The average molecular weight is 625 g/mol. The number of aromatic amines is 1. The molecule has 3 aromatic carbocycles. The standard InChI is InChI=1S/C33H36N6O5Si/c1-20-30(45(2,3)43)29(15-16-38-18-28(35-37-38)24(19-40)21-9-5-4-6-10-21)44-33(20)25-17-22(13-14-27(25)34-32(33)42)39-31(41)23-11-7-8-12-26(23)36-39/h4-14,17-18,20,24,29-30,36,40,43H,15-16,19H2,1-3H3,(H,34,42)/t20-,24?,29+,30-,33+/m1/s1. The maximum absolute atomic E-state index is 13.8. The Kier molecular flexibility index (Phi) is 7.12. The molecule has 1 fully saturated rings. The largest absolute Gasteiger partial charge is 0.432 e. The highest BCUT2D eigenvalue weighted by Gasteiger charge is 2.64. The number of aliphatic hydroxyl groups excluding tert-OH is 1. The fraction of sp³-hybridized carbons (Fsp3) is 0.333. The van der Waals surface area contributed by atoms with Gasteiger partial charge in [0, 0.05) is 35.5 Å². The van der Waals surface area contributed by atoms with Gasteiger partial charge in [0.05, 0.1) is 40.9 Å². The van der Waals surface area contributed by atoms with Gasteiger partial charge < -0.3 is 20.0 Å². The van der Waals surface area contributed by atoms with Crippen molar-refractivity contribution in [2.45, 2.75) is 56.1 Å². The molecule has 2 aliphatic rings. The van der Waals surface area contributed by atoms with Crippen molar-refractivity contribution >= 4 is 30.8 Å². The van der Waals surface area contributed by atoms with Gasteiger partial charge in [-0.3, -0.25) is 19.4 Å². The number of H-pyrrole nitrogens is 1. The minimum Gasteiger partial charge on any atom is -0.432 e. The number of para-hydroxylation sites is 1. The highest BCUT2D eigenvalue weighted by Crippen LogP contribution is 2.58. The second-order valence-corrected chi connectivity index (χ2v) is 16.7. The van der Waals surface area contributed by atoms with Crippen molar-refractivity contribution < 1.29 is 19.4 Å². The van der Waals surface area contributed by atoms with Gasteiger partial charge in [-0.2, -0.15) is 0 Å². The summed E-state index contributed by atoms with van der Waals surface area (Å²) in [6, 6.07) is 22.5. The van der Waals surface area contributed by atoms with Crippen molar-refractivity contribution in [2.24, 2.45) is 5.92 Å². The maximum atomic E-state index is 13.8. The molecule has 7 rings (SSSR count). The van der Waals surface area contributed by atoms with Crippen molar-refractivity contribution in [3.8, 4) is 5.69 Å². The summed E-state index contributed by atoms with van der Waals surface area (Å²) in [7, 11) is -2.85. The Morgan fingerprint density at radius 1 is 1.07 bits per heavy atom. The van der Waals surface area contributed by atoms with E-state index < -0.39 is 20.0 Å². The van der Waals surface area contributed by atoms with Crippen LogP contribution < -0.4 is 10.9 Å². The molecular weight excluding hydrogens is 588 g/mol. The lowest BCUT2D eigenvalue weighted by Crippen LogP contribution is -2.43. The van der Waals surface area contributed by atoms with E-state index in [1.807, 2.05) is 80.8 Å². The number of rotatable bonds is 8. The Balaban J connectivity index is 1.20. The second kappa shape index (κ2) is 10.9. The summed E-state index contributed by atoms with van der Waals surface area (Å²) in [4.78, 5) is 38.6. The molecule has 0 radical (unpaired) electrons. The lowest BCUT2D eigenvalue weighted by molar-refractivity contribution is -0.143. The molecule has 1 spiro atoms. The van der Waals surface area contributed by atoms with Gasteiger partial charge in [0.2, 0.25) is 0 Å². The lowest BCUT2D eigenvalue weighted by Gasteiger charge is -2.32. The predicted octanol–water partition coefficient (Wildman–Crippen LogP) is 3.87. The average Bonchev–Trinajstić information content (AvgIpc) is 3.77. The highest BCUT2D eigenvalue weighted by atomic mass is 28.4. The van der Waals surface area contributed by atoms with E-state index in [-0.39, 0.29) is 35.5 Å². The Morgan fingerprint density at radius 3 is 2.56 bits per heavy atom. The van der Waals surface area contributed by atoms with E-state index in [0.717, 1.165) is 11.1 Å². The Bertz CT molecular complexity index is 1950. The van der Waals surface area contributed by atoms with Gasteiger partial charge in [0.1, 0.15) is 0 Å². The van der Waals surface area contributed by atoms with E-state index in [1.165, 1.54) is 4.68 Å². The van der Waals surface area contributed by atoms with Crippen molar-refractivity contribution in [1.82, 2.24) is 24.8 Å². The van der Waals surface area contributed by atoms with Gasteiger partial charge in [-0.1, -0.05) is 54.6 Å². The van der Waals surface area contributed by atoms with Crippen LogP contribution in [0.5, 0.6) is 0 Å². The van der Waals surface area contributed by atoms with Crippen molar-refractivity contribution in [1.29, 1.82) is 0 Å². The SMILES string of the molecule is C[C@@H]1[C@@H]([Si](C)(C)O)[C@H](CCn2cc(C(CO)c3ccccc3)nn2)O[C@@]12C(=O)Nc1ccc(-n3[nH]c4ccccc4c3=O)cc12. The maximum Gasteiger partial charge on any atom is 0.279 e. The van der Waals surface area contributed by atoms with Crippen LogP contribution in [0, 0.1) is 5.92 Å². The van der Waals surface area contributed by atoms with Crippen LogP contribution in [0.15, 0.2) is 83.8 Å². The van der Waals surface area contributed by atoms with Crippen LogP contribution in [0.4, 0.5) is 5.69 Å². The number of ether oxygens (including phenoxy) is 1. The van der Waals surface area contributed by atoms with Gasteiger partial charge in [-0.25, -0.2) is 4.68 Å². The zero-order valence-electron chi connectivity index (χ0n) is 25.3.